The zero-order valence-electron chi connectivity index (χ0n) is 20.3. The van der Waals surface area contributed by atoms with Crippen LogP contribution in [-0.4, -0.2) is 65.1 Å². The third-order valence-electron chi connectivity index (χ3n) is 6.92. The average Bonchev–Trinajstić information content (AvgIpc) is 3.45. The van der Waals surface area contributed by atoms with E-state index in [0.29, 0.717) is 51.6 Å². The second-order valence-corrected chi connectivity index (χ2v) is 9.27. The molecule has 2 saturated heterocycles. The molecule has 1 atom stereocenters. The van der Waals surface area contributed by atoms with Gasteiger partial charge in [-0.15, -0.1) is 0 Å². The maximum atomic E-state index is 12.9. The van der Waals surface area contributed by atoms with Gasteiger partial charge in [0, 0.05) is 68.2 Å². The van der Waals surface area contributed by atoms with Gasteiger partial charge in [0.05, 0.1) is 17.4 Å². The van der Waals surface area contributed by atoms with Crippen molar-refractivity contribution < 1.29 is 14.5 Å². The zero-order valence-corrected chi connectivity index (χ0v) is 20.3. The molecule has 9 heteroatoms. The summed E-state index contributed by atoms with van der Waals surface area (Å²) in [5.74, 6) is 1.68. The number of nitrogens with zero attached hydrogens (tertiary/aromatic N) is 5. The van der Waals surface area contributed by atoms with Gasteiger partial charge in [0.2, 0.25) is 5.91 Å². The topological polar surface area (TPSA) is 102 Å². The molecule has 2 fully saturated rings. The summed E-state index contributed by atoms with van der Waals surface area (Å²) in [6.07, 6.45) is 1.36. The predicted molar refractivity (Wildman–Crippen MR) is 136 cm³/mol. The number of aromatic nitrogens is 2. The highest BCUT2D eigenvalue weighted by Gasteiger charge is 2.31. The first kappa shape index (κ1) is 23.9. The van der Waals surface area contributed by atoms with Crippen LogP contribution in [0.2, 0.25) is 0 Å². The second-order valence-electron chi connectivity index (χ2n) is 9.27. The number of non-ortho nitro benzene ring substituents is 1. The minimum atomic E-state index is -0.392. The lowest BCUT2D eigenvalue weighted by Crippen LogP contribution is -2.51. The molecular weight excluding hydrogens is 458 g/mol. The van der Waals surface area contributed by atoms with Gasteiger partial charge in [-0.2, -0.15) is 0 Å². The molecule has 0 aliphatic carbocycles. The molecule has 1 amide bonds. The van der Waals surface area contributed by atoms with Crippen LogP contribution in [0.1, 0.15) is 23.2 Å². The molecule has 2 aliphatic rings. The molecule has 0 saturated carbocycles. The lowest BCUT2D eigenvalue weighted by atomic mass is 10.0. The van der Waals surface area contributed by atoms with E-state index in [0.717, 1.165) is 34.6 Å². The van der Waals surface area contributed by atoms with Gasteiger partial charge in [0.1, 0.15) is 5.82 Å². The van der Waals surface area contributed by atoms with Crippen molar-refractivity contribution >= 4 is 17.4 Å². The van der Waals surface area contributed by atoms with Crippen molar-refractivity contribution in [2.75, 3.05) is 44.3 Å². The summed E-state index contributed by atoms with van der Waals surface area (Å²) >= 11 is 0. The van der Waals surface area contributed by atoms with Gasteiger partial charge in [0.25, 0.3) is 5.69 Å². The monoisotopic (exact) mass is 487 g/mol. The Balaban J connectivity index is 1.43. The Morgan fingerprint density at radius 1 is 1.06 bits per heavy atom. The summed E-state index contributed by atoms with van der Waals surface area (Å²) in [5.41, 5.74) is 3.83. The minimum absolute atomic E-state index is 0.0276. The lowest BCUT2D eigenvalue weighted by molar-refractivity contribution is -0.384. The second kappa shape index (κ2) is 10.4. The van der Waals surface area contributed by atoms with E-state index in [9.17, 15) is 14.9 Å². The van der Waals surface area contributed by atoms with Crippen molar-refractivity contribution in [2.24, 2.45) is 5.92 Å². The van der Waals surface area contributed by atoms with Crippen LogP contribution in [0.25, 0.3) is 11.4 Å². The number of rotatable bonds is 6. The van der Waals surface area contributed by atoms with Crippen LogP contribution in [0.5, 0.6) is 0 Å². The van der Waals surface area contributed by atoms with Gasteiger partial charge in [-0.05, 0) is 18.9 Å². The molecule has 36 heavy (non-hydrogen) atoms. The maximum Gasteiger partial charge on any atom is 0.269 e. The van der Waals surface area contributed by atoms with Crippen LogP contribution in [0.4, 0.5) is 11.5 Å². The number of aryl methyl sites for hydroxylation is 1. The van der Waals surface area contributed by atoms with Crippen LogP contribution in [0.3, 0.4) is 0 Å². The van der Waals surface area contributed by atoms with Gasteiger partial charge in [0.15, 0.2) is 5.82 Å². The van der Waals surface area contributed by atoms with Gasteiger partial charge < -0.3 is 14.5 Å². The highest BCUT2D eigenvalue weighted by atomic mass is 16.6. The minimum Gasteiger partial charge on any atom is -0.381 e. The predicted octanol–water partition coefficient (Wildman–Crippen LogP) is 3.64. The first-order valence-corrected chi connectivity index (χ1v) is 12.3. The van der Waals surface area contributed by atoms with E-state index in [2.05, 4.69) is 4.90 Å². The number of carbonyl (C=O) groups is 1. The van der Waals surface area contributed by atoms with E-state index in [-0.39, 0.29) is 17.5 Å². The summed E-state index contributed by atoms with van der Waals surface area (Å²) in [6.45, 7) is 5.79. The fraction of sp³-hybridized carbons (Fsp3) is 0.370. The number of amides is 1. The van der Waals surface area contributed by atoms with Crippen molar-refractivity contribution in [3.8, 4) is 11.4 Å². The van der Waals surface area contributed by atoms with Crippen LogP contribution in [0.15, 0.2) is 54.6 Å². The van der Waals surface area contributed by atoms with E-state index in [4.69, 9.17) is 14.7 Å². The van der Waals surface area contributed by atoms with Crippen molar-refractivity contribution in [1.82, 2.24) is 14.9 Å². The fourth-order valence-corrected chi connectivity index (χ4v) is 4.83. The Labute approximate surface area is 209 Å². The van der Waals surface area contributed by atoms with Crippen molar-refractivity contribution in [3.05, 3.63) is 81.5 Å². The van der Waals surface area contributed by atoms with Crippen LogP contribution in [0, 0.1) is 23.0 Å². The number of ether oxygens (including phenoxy) is 1. The van der Waals surface area contributed by atoms with E-state index < -0.39 is 4.92 Å². The fourth-order valence-electron chi connectivity index (χ4n) is 4.83. The highest BCUT2D eigenvalue weighted by molar-refractivity contribution is 5.79. The number of anilines is 1. The molecule has 2 aliphatic heterocycles. The van der Waals surface area contributed by atoms with Crippen molar-refractivity contribution in [1.29, 1.82) is 0 Å². The Hall–Kier alpha value is -3.85. The molecule has 2 aromatic carbocycles. The molecule has 3 heterocycles. The standard InChI is InChI=1S/C27H29N5O4/c1-19-24(17-20-7-9-23(10-8-20)32(34)35)26(29-25(28-19)21-5-3-2-4-6-21)30-12-14-31(15-13-30)27(33)22-11-16-36-18-22/h2-10,22H,11-18H2,1H3/t22-/m0/s1. The number of hydrogen-bond acceptors (Lipinski definition) is 7. The first-order valence-electron chi connectivity index (χ1n) is 12.3. The maximum absolute atomic E-state index is 12.9. The quantitative estimate of drug-likeness (QED) is 0.386. The van der Waals surface area contributed by atoms with Gasteiger partial charge in [-0.3, -0.25) is 14.9 Å². The Morgan fingerprint density at radius 2 is 1.78 bits per heavy atom. The van der Waals surface area contributed by atoms with Crippen LogP contribution in [-0.2, 0) is 16.0 Å². The van der Waals surface area contributed by atoms with Crippen LogP contribution >= 0.6 is 0 Å². The molecule has 0 spiro atoms. The van der Waals surface area contributed by atoms with E-state index in [1.807, 2.05) is 42.2 Å². The summed E-state index contributed by atoms with van der Waals surface area (Å²) in [5, 5.41) is 11.1. The average molecular weight is 488 g/mol. The third kappa shape index (κ3) is 5.06. The molecule has 5 rings (SSSR count). The molecule has 0 unspecified atom stereocenters. The van der Waals surface area contributed by atoms with E-state index >= 15 is 0 Å². The highest BCUT2D eigenvalue weighted by Crippen LogP contribution is 2.29. The summed E-state index contributed by atoms with van der Waals surface area (Å²) in [7, 11) is 0. The number of carbonyl (C=O) groups excluding carboxylic acids is 1. The molecule has 0 N–H and O–H groups in total. The molecule has 3 aromatic rings. The smallest absolute Gasteiger partial charge is 0.269 e. The number of piperazine rings is 1. The van der Waals surface area contributed by atoms with Crippen LogP contribution < -0.4 is 4.90 Å². The third-order valence-corrected chi connectivity index (χ3v) is 6.92. The summed E-state index contributed by atoms with van der Waals surface area (Å²) in [6, 6.07) is 16.5. The van der Waals surface area contributed by atoms with E-state index in [1.165, 1.54) is 12.1 Å². The van der Waals surface area contributed by atoms with Gasteiger partial charge in [-0.1, -0.05) is 42.5 Å². The normalized spacial score (nSPS) is 17.9. The number of nitro groups is 1. The summed E-state index contributed by atoms with van der Waals surface area (Å²) in [4.78, 5) is 37.5. The Kier molecular flexibility index (Phi) is 6.90. The van der Waals surface area contributed by atoms with E-state index in [1.54, 1.807) is 12.1 Å². The van der Waals surface area contributed by atoms with Gasteiger partial charge in [-0.25, -0.2) is 9.97 Å². The van der Waals surface area contributed by atoms with Gasteiger partial charge >= 0.3 is 0 Å². The molecule has 1 aromatic heterocycles. The first-order chi connectivity index (χ1) is 17.5. The molecular formula is C27H29N5O4. The summed E-state index contributed by atoms with van der Waals surface area (Å²) < 4.78 is 5.41. The van der Waals surface area contributed by atoms with Crippen molar-refractivity contribution in [2.45, 2.75) is 19.8 Å². The molecule has 9 nitrogen and oxygen atoms in total. The largest absolute Gasteiger partial charge is 0.381 e. The SMILES string of the molecule is Cc1nc(-c2ccccc2)nc(N2CCN(C(=O)[C@H]3CCOC3)CC2)c1Cc1ccc([N+](=O)[O-])cc1. The molecule has 0 bridgehead atoms. The molecule has 186 valence electrons. The number of benzene rings is 2. The zero-order chi connectivity index (χ0) is 25.1. The Bertz CT molecular complexity index is 1240. The lowest BCUT2D eigenvalue weighted by Gasteiger charge is -2.37. The molecule has 0 radical (unpaired) electrons. The Morgan fingerprint density at radius 3 is 2.42 bits per heavy atom. The van der Waals surface area contributed by atoms with Crippen molar-refractivity contribution in [3.63, 3.8) is 0 Å². The number of hydrogen-bond donors (Lipinski definition) is 0. The number of nitro benzene ring substituents is 1.